The van der Waals surface area contributed by atoms with Crippen LogP contribution in [0, 0.1) is 0 Å². The SMILES string of the molecule is CCCCCCCCCn1cc[n+](COCCCCCOC[n+]2ccn(CCCCCCCCC)c2)c1.[Cl-].[Cl-]. The molecule has 39 heavy (non-hydrogen) atoms. The second kappa shape index (κ2) is 27.1. The van der Waals surface area contributed by atoms with Gasteiger partial charge >= 0.3 is 0 Å². The van der Waals surface area contributed by atoms with Gasteiger partial charge in [0.15, 0.2) is 13.5 Å². The molecule has 2 heterocycles. The van der Waals surface area contributed by atoms with E-state index in [0.29, 0.717) is 13.5 Å². The average molecular weight is 590 g/mol. The quantitative estimate of drug-likeness (QED) is 0.122. The zero-order valence-electron chi connectivity index (χ0n) is 25.1. The molecule has 0 saturated heterocycles. The normalized spacial score (nSPS) is 10.9. The van der Waals surface area contributed by atoms with Crippen molar-refractivity contribution in [3.8, 4) is 0 Å². The van der Waals surface area contributed by atoms with Crippen LogP contribution in [0.15, 0.2) is 37.4 Å². The molecule has 0 atom stereocenters. The smallest absolute Gasteiger partial charge is 0.245 e. The zero-order chi connectivity index (χ0) is 26.2. The van der Waals surface area contributed by atoms with Crippen LogP contribution in [0.1, 0.15) is 123 Å². The van der Waals surface area contributed by atoms with Crippen molar-refractivity contribution >= 4 is 0 Å². The van der Waals surface area contributed by atoms with E-state index in [1.54, 1.807) is 0 Å². The molecule has 0 aliphatic rings. The van der Waals surface area contributed by atoms with Crippen LogP contribution in [-0.2, 0) is 36.0 Å². The number of hydrogen-bond donors (Lipinski definition) is 0. The second-order valence-corrected chi connectivity index (χ2v) is 10.7. The Morgan fingerprint density at radius 2 is 0.846 bits per heavy atom. The lowest BCUT2D eigenvalue weighted by molar-refractivity contribution is -0.732. The van der Waals surface area contributed by atoms with Gasteiger partial charge in [0.2, 0.25) is 12.7 Å². The van der Waals surface area contributed by atoms with Gasteiger partial charge in [-0.25, -0.2) is 18.3 Å². The van der Waals surface area contributed by atoms with E-state index in [4.69, 9.17) is 9.47 Å². The third kappa shape index (κ3) is 20.5. The lowest BCUT2D eigenvalue weighted by Crippen LogP contribution is -3.00. The Morgan fingerprint density at radius 3 is 1.26 bits per heavy atom. The van der Waals surface area contributed by atoms with Crippen LogP contribution < -0.4 is 33.9 Å². The van der Waals surface area contributed by atoms with Crippen LogP contribution in [0.4, 0.5) is 0 Å². The fraction of sp³-hybridized carbons (Fsp3) is 0.806. The van der Waals surface area contributed by atoms with Crippen molar-refractivity contribution in [1.82, 2.24) is 9.13 Å². The first-order chi connectivity index (χ1) is 18.3. The minimum absolute atomic E-state index is 0. The van der Waals surface area contributed by atoms with Crippen molar-refractivity contribution in [1.29, 1.82) is 0 Å². The van der Waals surface area contributed by atoms with Crippen LogP contribution >= 0.6 is 0 Å². The van der Waals surface area contributed by atoms with Crippen molar-refractivity contribution in [2.45, 2.75) is 150 Å². The molecular formula is C31H58Cl2N4O2. The first kappa shape index (κ1) is 37.9. The molecule has 228 valence electrons. The molecule has 0 amide bonds. The number of aromatic nitrogens is 4. The Bertz CT molecular complexity index is 707. The first-order valence-corrected chi connectivity index (χ1v) is 15.6. The standard InChI is InChI=1S/C31H58N4O2.2ClH/c1-3-5-7-9-11-13-16-20-32-22-24-34(28-32)30-36-26-18-15-19-27-37-31-35-25-23-33(29-35)21-17-14-12-10-8-6-4-2;;/h22-25,28-29H,3-21,26-27,30-31H2,1-2H3;2*1H/q+2;;/p-2. The van der Waals surface area contributed by atoms with Gasteiger partial charge in [-0.15, -0.1) is 0 Å². The van der Waals surface area contributed by atoms with E-state index in [9.17, 15) is 0 Å². The Morgan fingerprint density at radius 1 is 0.487 bits per heavy atom. The third-order valence-electron chi connectivity index (χ3n) is 7.09. The molecule has 6 nitrogen and oxygen atoms in total. The third-order valence-corrected chi connectivity index (χ3v) is 7.09. The maximum atomic E-state index is 5.86. The maximum absolute atomic E-state index is 5.86. The summed E-state index contributed by atoms with van der Waals surface area (Å²) in [5.41, 5.74) is 0. The summed E-state index contributed by atoms with van der Waals surface area (Å²) in [6.07, 6.45) is 35.2. The van der Waals surface area contributed by atoms with Crippen molar-refractivity contribution < 1.29 is 43.4 Å². The average Bonchev–Trinajstić information content (AvgIpc) is 3.56. The van der Waals surface area contributed by atoms with Crippen molar-refractivity contribution in [2.24, 2.45) is 0 Å². The highest BCUT2D eigenvalue weighted by Gasteiger charge is 2.05. The van der Waals surface area contributed by atoms with Crippen LogP contribution in [0.5, 0.6) is 0 Å². The molecule has 2 rings (SSSR count). The summed E-state index contributed by atoms with van der Waals surface area (Å²) >= 11 is 0. The lowest BCUT2D eigenvalue weighted by Gasteiger charge is -2.03. The van der Waals surface area contributed by atoms with E-state index in [-0.39, 0.29) is 24.8 Å². The summed E-state index contributed by atoms with van der Waals surface area (Å²) in [5, 5.41) is 0. The predicted molar refractivity (Wildman–Crippen MR) is 151 cm³/mol. The van der Waals surface area contributed by atoms with Gasteiger partial charge in [0.25, 0.3) is 0 Å². The molecular weight excluding hydrogens is 531 g/mol. The number of rotatable bonds is 26. The molecule has 2 aromatic heterocycles. The first-order valence-electron chi connectivity index (χ1n) is 15.6. The number of nitrogens with zero attached hydrogens (tertiary/aromatic N) is 4. The minimum Gasteiger partial charge on any atom is -1.00 e. The van der Waals surface area contributed by atoms with Gasteiger partial charge in [-0.3, -0.25) is 0 Å². The second-order valence-electron chi connectivity index (χ2n) is 10.7. The number of ether oxygens (including phenoxy) is 2. The summed E-state index contributed by atoms with van der Waals surface area (Å²) in [6, 6.07) is 0. The van der Waals surface area contributed by atoms with Gasteiger partial charge in [0.1, 0.15) is 24.8 Å². The summed E-state index contributed by atoms with van der Waals surface area (Å²) in [6.45, 7) is 9.70. The number of imidazole rings is 2. The van der Waals surface area contributed by atoms with E-state index in [1.807, 2.05) is 0 Å². The Hall–Kier alpha value is -1.08. The van der Waals surface area contributed by atoms with Gasteiger partial charge in [-0.1, -0.05) is 78.1 Å². The van der Waals surface area contributed by atoms with Crippen LogP contribution in [0.3, 0.4) is 0 Å². The predicted octanol–water partition coefficient (Wildman–Crippen LogP) is 1.19. The van der Waals surface area contributed by atoms with Gasteiger partial charge in [0.05, 0.1) is 26.3 Å². The Balaban J connectivity index is 0.00000722. The van der Waals surface area contributed by atoms with Crippen LogP contribution in [-0.4, -0.2) is 22.3 Å². The number of aryl methyl sites for hydroxylation is 2. The molecule has 0 bridgehead atoms. The molecule has 0 N–H and O–H groups in total. The van der Waals surface area contributed by atoms with Gasteiger partial charge in [-0.2, -0.15) is 0 Å². The molecule has 0 spiro atoms. The maximum Gasteiger partial charge on any atom is 0.245 e. The Labute approximate surface area is 252 Å². The molecule has 0 aliphatic heterocycles. The monoisotopic (exact) mass is 588 g/mol. The lowest BCUT2D eigenvalue weighted by atomic mass is 10.1. The highest BCUT2D eigenvalue weighted by atomic mass is 35.5. The summed E-state index contributed by atoms with van der Waals surface area (Å²) in [7, 11) is 0. The summed E-state index contributed by atoms with van der Waals surface area (Å²) < 4.78 is 20.6. The van der Waals surface area contributed by atoms with Crippen molar-refractivity contribution in [3.63, 3.8) is 0 Å². The molecule has 0 aromatic carbocycles. The van der Waals surface area contributed by atoms with Crippen molar-refractivity contribution in [3.05, 3.63) is 37.4 Å². The zero-order valence-corrected chi connectivity index (χ0v) is 26.6. The van der Waals surface area contributed by atoms with Gasteiger partial charge in [-0.05, 0) is 44.9 Å². The van der Waals surface area contributed by atoms with Gasteiger partial charge in [0, 0.05) is 0 Å². The number of hydrogen-bond acceptors (Lipinski definition) is 2. The van der Waals surface area contributed by atoms with Crippen molar-refractivity contribution in [2.75, 3.05) is 13.2 Å². The highest BCUT2D eigenvalue weighted by Crippen LogP contribution is 2.08. The highest BCUT2D eigenvalue weighted by molar-refractivity contribution is 4.66. The van der Waals surface area contributed by atoms with Crippen LogP contribution in [0.25, 0.3) is 0 Å². The van der Waals surface area contributed by atoms with E-state index in [2.05, 4.69) is 69.6 Å². The summed E-state index contributed by atoms with van der Waals surface area (Å²) in [4.78, 5) is 0. The Kier molecular flexibility index (Phi) is 26.4. The number of unbranched alkanes of at least 4 members (excludes halogenated alkanes) is 14. The van der Waals surface area contributed by atoms with E-state index < -0.39 is 0 Å². The molecule has 0 aliphatic carbocycles. The van der Waals surface area contributed by atoms with E-state index in [0.717, 1.165) is 45.6 Å². The van der Waals surface area contributed by atoms with E-state index >= 15 is 0 Å². The molecule has 0 radical (unpaired) electrons. The largest absolute Gasteiger partial charge is 1.00 e. The fourth-order valence-electron chi connectivity index (χ4n) is 4.72. The summed E-state index contributed by atoms with van der Waals surface area (Å²) in [5.74, 6) is 0. The molecule has 0 fully saturated rings. The van der Waals surface area contributed by atoms with E-state index in [1.165, 1.54) is 89.9 Å². The number of halogens is 2. The molecule has 8 heteroatoms. The topological polar surface area (TPSA) is 36.1 Å². The fourth-order valence-corrected chi connectivity index (χ4v) is 4.72. The molecule has 0 unspecified atom stereocenters. The molecule has 0 saturated carbocycles. The van der Waals surface area contributed by atoms with Gasteiger partial charge < -0.3 is 34.3 Å². The van der Waals surface area contributed by atoms with Crippen LogP contribution in [0.2, 0.25) is 0 Å². The minimum atomic E-state index is 0. The molecule has 2 aromatic rings.